The first kappa shape index (κ1) is 96.6. The van der Waals surface area contributed by atoms with Gasteiger partial charge in [-0.3, -0.25) is 53.4 Å². The van der Waals surface area contributed by atoms with Gasteiger partial charge in [0.2, 0.25) is 29.6 Å². The third kappa shape index (κ3) is 21.6. The summed E-state index contributed by atoms with van der Waals surface area (Å²) in [4.78, 5) is 188. The molecule has 0 spiro atoms. The third-order valence-corrected chi connectivity index (χ3v) is 25.7. The molecule has 0 aromatic heterocycles. The molecular weight excluding hydrogens is 1710 g/mol. The fourth-order valence-electron chi connectivity index (χ4n) is 18.9. The van der Waals surface area contributed by atoms with Gasteiger partial charge >= 0.3 is 36.2 Å². The molecule has 696 valence electrons. The summed E-state index contributed by atoms with van der Waals surface area (Å²) in [6, 6.07) is 62.8. The Balaban J connectivity index is 0.780. The van der Waals surface area contributed by atoms with E-state index in [0.717, 1.165) is 41.0 Å². The van der Waals surface area contributed by atoms with E-state index < -0.39 is 197 Å². The number of aliphatic hydroxyl groups is 1. The largest absolute Gasteiger partial charge is 0.509 e. The first-order valence-electron chi connectivity index (χ1n) is 44.6. The summed E-state index contributed by atoms with van der Waals surface area (Å²) < 4.78 is 60.8. The number of hydrogen-bond donors (Lipinski definition) is 6. The lowest BCUT2D eigenvalue weighted by Crippen LogP contribution is -2.81. The van der Waals surface area contributed by atoms with Crippen LogP contribution in [0.2, 0.25) is 0 Å². The van der Waals surface area contributed by atoms with Crippen molar-refractivity contribution in [3.05, 3.63) is 299 Å². The molecule has 6 amide bonds. The molecule has 3 fully saturated rings. The lowest BCUT2D eigenvalue weighted by Gasteiger charge is -2.67. The molecule has 8 aromatic rings. The molecule has 0 radical (unpaired) electrons. The molecule has 2 saturated carbocycles. The Kier molecular flexibility index (Phi) is 31.2. The number of carbonyl (C=O) groups is 13. The number of carbonyl (C=O) groups excluding carboxylic acids is 13. The number of anilines is 1. The van der Waals surface area contributed by atoms with E-state index in [1.165, 1.54) is 83.2 Å². The number of allylic oxidation sites excluding steroid dienone is 1. The molecule has 2 heterocycles. The number of fused-ring (bicyclic) bond motifs is 5. The summed E-state index contributed by atoms with van der Waals surface area (Å²) in [6.07, 6.45) is -7.99. The number of ketones is 1. The number of Topliss-reactive ketones (excluding diaryl/α,β-unsaturated/α-hetero) is 1. The summed E-state index contributed by atoms with van der Waals surface area (Å²) in [5.74, 6) is -11.9. The van der Waals surface area contributed by atoms with Crippen molar-refractivity contribution < 1.29 is 115 Å². The zero-order valence-corrected chi connectivity index (χ0v) is 75.3. The molecule has 5 aliphatic rings. The Labute approximate surface area is 770 Å². The molecule has 13 rings (SSSR count). The van der Waals surface area contributed by atoms with Gasteiger partial charge in [-0.05, 0) is 140 Å². The summed E-state index contributed by atoms with van der Waals surface area (Å²) in [5, 5.41) is 30.1. The average molecular weight is 1820 g/mol. The van der Waals surface area contributed by atoms with Crippen LogP contribution in [0, 0.1) is 22.7 Å². The molecule has 8 aromatic carbocycles. The van der Waals surface area contributed by atoms with Crippen molar-refractivity contribution >= 4 is 83.1 Å². The molecule has 2 aliphatic heterocycles. The average Bonchev–Trinajstić information content (AvgIpc) is 0.892. The number of rotatable bonds is 38. The van der Waals surface area contributed by atoms with Crippen LogP contribution in [-0.4, -0.2) is 175 Å². The Bertz CT molecular complexity index is 5540. The normalized spacial score (nSPS) is 21.8. The Morgan fingerprint density at radius 1 is 0.602 bits per heavy atom. The summed E-state index contributed by atoms with van der Waals surface area (Å²) in [5.41, 5.74) is -5.59. The fourth-order valence-corrected chi connectivity index (χ4v) is 18.9. The number of benzene rings is 8. The summed E-state index contributed by atoms with van der Waals surface area (Å²) in [6.45, 7) is 8.83. The van der Waals surface area contributed by atoms with Gasteiger partial charge in [0, 0.05) is 80.8 Å². The van der Waals surface area contributed by atoms with Crippen molar-refractivity contribution in [1.29, 1.82) is 0 Å². The van der Waals surface area contributed by atoms with Gasteiger partial charge < -0.3 is 73.7 Å². The lowest BCUT2D eigenvalue weighted by atomic mass is 9.45. The van der Waals surface area contributed by atoms with E-state index in [1.807, 2.05) is 78.9 Å². The Hall–Kier alpha value is -14.0. The molecule has 2 bridgehead atoms. The van der Waals surface area contributed by atoms with Gasteiger partial charge in [0.25, 0.3) is 17.7 Å². The highest BCUT2D eigenvalue weighted by molar-refractivity contribution is 6.13. The molecule has 133 heavy (non-hydrogen) atoms. The zero-order valence-electron chi connectivity index (χ0n) is 75.3. The minimum Gasteiger partial charge on any atom is -0.497 e. The van der Waals surface area contributed by atoms with Gasteiger partial charge in [0.1, 0.15) is 60.5 Å². The van der Waals surface area contributed by atoms with Crippen LogP contribution in [0.3, 0.4) is 0 Å². The second-order valence-electron chi connectivity index (χ2n) is 34.5. The summed E-state index contributed by atoms with van der Waals surface area (Å²) in [7, 11) is 1.60. The van der Waals surface area contributed by atoms with Crippen molar-refractivity contribution in [3.8, 4) is 5.75 Å². The maximum absolute atomic E-state index is 16.9. The maximum Gasteiger partial charge on any atom is 0.509 e. The van der Waals surface area contributed by atoms with Gasteiger partial charge in [0.15, 0.2) is 11.4 Å². The standard InChI is InChI=1S/C103H110N6O24/c1-9-125-97(121)131-88(86(69-35-19-11-20-36-69)108-92(116)70-37-21-12-22-38-70)96(120)129-79-61-102(123)91(132-95(119)71-39-23-13-24-40-71)89-100(7,90(115)87(128-65(3)110)85(64(79)2)99(102,5)6)80(60-81-101(89,63-127-81)133-66(4)111)130-98(122)126-62-68-47-51-75(52-48-68)105-93(117)77(107-94(118)78(59-67-33-17-10-18-34-67)106-82(112)46-29-16-32-58-109-83(113)55-56-84(109)114)45-30-31-57-104-103(72-41-25-14-26-42-72,73-43-27-15-28-44-73)74-49-53-76(124-8)54-50-74/h10-15,17-28,33-44,47-56,64,77-81,86,88-89,91,104,123H,9,16,29-32,45-46,57-63H2,1-8H3,(H,105,117)(H,106,112)(H,107,118)(H,108,116)/t64?,77-,78?,79?,80-,81?,86?,88?,89?,91?,100+,101?,102+/m0/s1. The number of hydrogen-bond acceptors (Lipinski definition) is 25. The molecule has 6 N–H and O–H groups in total. The maximum atomic E-state index is 16.9. The monoisotopic (exact) mass is 1810 g/mol. The quantitative estimate of drug-likeness (QED) is 0.00688. The van der Waals surface area contributed by atoms with Crippen LogP contribution in [0.25, 0.3) is 0 Å². The molecule has 3 aliphatic carbocycles. The number of amides is 6. The number of ether oxygens (including phenoxy) is 10. The lowest BCUT2D eigenvalue weighted by molar-refractivity contribution is -0.345. The molecular formula is C103H110N6O24. The van der Waals surface area contributed by atoms with Crippen LogP contribution >= 0.6 is 0 Å². The van der Waals surface area contributed by atoms with E-state index in [0.29, 0.717) is 50.0 Å². The van der Waals surface area contributed by atoms with Gasteiger partial charge in [0.05, 0.1) is 42.8 Å². The van der Waals surface area contributed by atoms with Crippen LogP contribution in [0.15, 0.2) is 254 Å². The first-order chi connectivity index (χ1) is 63.9. The van der Waals surface area contributed by atoms with E-state index in [2.05, 4.69) is 50.8 Å². The highest BCUT2D eigenvalue weighted by Crippen LogP contribution is 2.66. The van der Waals surface area contributed by atoms with Crippen LogP contribution in [0.1, 0.15) is 166 Å². The van der Waals surface area contributed by atoms with Crippen LogP contribution < -0.4 is 31.3 Å². The minimum absolute atomic E-state index is 0.0185. The van der Waals surface area contributed by atoms with E-state index in [4.69, 9.17) is 47.4 Å². The van der Waals surface area contributed by atoms with E-state index >= 15 is 19.2 Å². The van der Waals surface area contributed by atoms with Gasteiger partial charge in [-0.15, -0.1) is 0 Å². The zero-order chi connectivity index (χ0) is 94.8. The molecule has 1 saturated heterocycles. The minimum atomic E-state index is -2.68. The topological polar surface area (TPSA) is 398 Å². The van der Waals surface area contributed by atoms with E-state index in [-0.39, 0.29) is 60.4 Å². The third-order valence-electron chi connectivity index (χ3n) is 25.7. The van der Waals surface area contributed by atoms with Crippen LogP contribution in [0.5, 0.6) is 5.75 Å². The fraction of sp³-hybridized carbons (Fsp3) is 0.369. The second-order valence-corrected chi connectivity index (χ2v) is 34.5. The number of methoxy groups -OCH3 is 1. The van der Waals surface area contributed by atoms with Crippen molar-refractivity contribution in [2.24, 2.45) is 22.7 Å². The van der Waals surface area contributed by atoms with Gasteiger partial charge in [-0.1, -0.05) is 209 Å². The highest BCUT2D eigenvalue weighted by Gasteiger charge is 2.79. The molecule has 9 unspecified atom stereocenters. The second kappa shape index (κ2) is 42.9. The number of nitrogens with zero attached hydrogens (tertiary/aromatic N) is 1. The predicted octanol–water partition coefficient (Wildman–Crippen LogP) is 12.9. The number of imide groups is 1. The first-order valence-corrected chi connectivity index (χ1v) is 44.6. The van der Waals surface area contributed by atoms with Crippen LogP contribution in [-0.2, 0) is 104 Å². The van der Waals surface area contributed by atoms with Gasteiger partial charge in [-0.25, -0.2) is 19.2 Å². The smallest absolute Gasteiger partial charge is 0.497 e. The molecule has 30 heteroatoms. The number of unbranched alkanes of at least 4 members (excludes halogenated alkanes) is 3. The van der Waals surface area contributed by atoms with E-state index in [9.17, 15) is 48.3 Å². The van der Waals surface area contributed by atoms with Crippen molar-refractivity contribution in [3.63, 3.8) is 0 Å². The predicted molar refractivity (Wildman–Crippen MR) is 483 cm³/mol. The summed E-state index contributed by atoms with van der Waals surface area (Å²) >= 11 is 0. The Morgan fingerprint density at radius 3 is 1.78 bits per heavy atom. The number of nitrogens with one attached hydrogen (secondary N) is 5. The SMILES string of the molecule is CCOC(=O)OC(C(=O)OC1C[C@@]2(O)C(OC(=O)c3ccccc3)C3C4(OC(C)=O)COC4C[C@H](OC(=O)OCc4ccc(NC(=O)[C@H](CCCCNC(c5ccccc5)(c5ccccc5)c5ccc(OC)cc5)NC(=O)C(Cc5ccccc5)NC(=O)CCCCCN5C(=O)C=CC5=O)cc4)[C@@]3(C)C(=O)C(OC(C)=O)=C(C1C)C2(C)C)C(NC(=O)c1ccccc1)c1ccccc1. The molecule has 30 nitrogen and oxygen atoms in total. The molecule has 13 atom stereocenters. The Morgan fingerprint density at radius 2 is 1.20 bits per heavy atom. The van der Waals surface area contributed by atoms with Crippen molar-refractivity contribution in [1.82, 2.24) is 26.2 Å². The highest BCUT2D eigenvalue weighted by atomic mass is 16.7. The van der Waals surface area contributed by atoms with Crippen molar-refractivity contribution in [2.75, 3.05) is 38.7 Å². The number of esters is 4. The van der Waals surface area contributed by atoms with Crippen LogP contribution in [0.4, 0.5) is 15.3 Å². The van der Waals surface area contributed by atoms with E-state index in [1.54, 1.807) is 98.1 Å². The van der Waals surface area contributed by atoms with Crippen molar-refractivity contribution in [2.45, 2.75) is 185 Å². The van der Waals surface area contributed by atoms with Gasteiger partial charge in [-0.2, -0.15) is 0 Å².